The summed E-state index contributed by atoms with van der Waals surface area (Å²) in [6.07, 6.45) is 4.74. The molecule has 1 aromatic carbocycles. The minimum absolute atomic E-state index is 0.0641. The van der Waals surface area contributed by atoms with Gasteiger partial charge in [0.2, 0.25) is 0 Å². The van der Waals surface area contributed by atoms with Gasteiger partial charge >= 0.3 is 0 Å². The minimum atomic E-state index is 0.0641. The number of aromatic nitrogens is 2. The van der Waals surface area contributed by atoms with Crippen molar-refractivity contribution >= 4 is 5.69 Å². The van der Waals surface area contributed by atoms with Gasteiger partial charge in [0.05, 0.1) is 5.69 Å². The molecule has 0 spiro atoms. The summed E-state index contributed by atoms with van der Waals surface area (Å²) >= 11 is 0. The second-order valence-electron chi connectivity index (χ2n) is 4.71. The summed E-state index contributed by atoms with van der Waals surface area (Å²) < 4.78 is 5.26. The number of rotatable bonds is 2. The molecule has 1 aromatic heterocycles. The fraction of sp³-hybridized carbons (Fsp3) is 0.385. The van der Waals surface area contributed by atoms with Crippen LogP contribution in [0.2, 0.25) is 0 Å². The lowest BCUT2D eigenvalue weighted by Crippen LogP contribution is -1.94. The maximum atomic E-state index is 9.38. The summed E-state index contributed by atoms with van der Waals surface area (Å²) in [7, 11) is 0. The summed E-state index contributed by atoms with van der Waals surface area (Å²) in [6.45, 7) is 0. The highest BCUT2D eigenvalue weighted by molar-refractivity contribution is 5.64. The van der Waals surface area contributed by atoms with Crippen molar-refractivity contribution in [2.75, 3.05) is 5.73 Å². The highest BCUT2D eigenvalue weighted by Gasteiger charge is 2.22. The highest BCUT2D eigenvalue weighted by atomic mass is 16.5. The summed E-state index contributed by atoms with van der Waals surface area (Å²) in [5.74, 6) is 1.74. The van der Waals surface area contributed by atoms with Crippen molar-refractivity contribution in [3.05, 3.63) is 24.0 Å². The van der Waals surface area contributed by atoms with E-state index in [-0.39, 0.29) is 5.75 Å². The average molecular weight is 245 g/mol. The fourth-order valence-electron chi connectivity index (χ4n) is 2.39. The van der Waals surface area contributed by atoms with Gasteiger partial charge in [0.15, 0.2) is 5.82 Å². The monoisotopic (exact) mass is 245 g/mol. The first kappa shape index (κ1) is 11.1. The average Bonchev–Trinajstić information content (AvgIpc) is 3.01. The second-order valence-corrected chi connectivity index (χ2v) is 4.71. The molecule has 2 aromatic rings. The maximum Gasteiger partial charge on any atom is 0.258 e. The number of hydrogen-bond donors (Lipinski definition) is 2. The van der Waals surface area contributed by atoms with Crippen molar-refractivity contribution in [3.8, 4) is 17.2 Å². The number of aromatic hydroxyl groups is 1. The van der Waals surface area contributed by atoms with E-state index in [2.05, 4.69) is 10.1 Å². The third-order valence-corrected chi connectivity index (χ3v) is 3.44. The Hall–Kier alpha value is -2.04. The zero-order valence-corrected chi connectivity index (χ0v) is 9.97. The molecule has 0 bridgehead atoms. The first-order valence-corrected chi connectivity index (χ1v) is 6.16. The molecule has 0 unspecified atom stereocenters. The molecule has 0 amide bonds. The molecule has 0 aliphatic heterocycles. The van der Waals surface area contributed by atoms with Gasteiger partial charge in [0.25, 0.3) is 5.89 Å². The molecule has 1 heterocycles. The van der Waals surface area contributed by atoms with Crippen molar-refractivity contribution in [1.82, 2.24) is 10.1 Å². The molecular formula is C13H15N3O2. The van der Waals surface area contributed by atoms with Crippen LogP contribution in [0.3, 0.4) is 0 Å². The number of nitrogen functional groups attached to an aromatic ring is 1. The van der Waals surface area contributed by atoms with Crippen LogP contribution in [-0.4, -0.2) is 15.2 Å². The molecule has 5 nitrogen and oxygen atoms in total. The first-order chi connectivity index (χ1) is 8.74. The van der Waals surface area contributed by atoms with E-state index in [0.717, 1.165) is 24.2 Å². The molecule has 0 atom stereocenters. The van der Waals surface area contributed by atoms with Crippen LogP contribution in [-0.2, 0) is 0 Å². The molecule has 18 heavy (non-hydrogen) atoms. The molecule has 0 radical (unpaired) electrons. The third-order valence-electron chi connectivity index (χ3n) is 3.44. The summed E-state index contributed by atoms with van der Waals surface area (Å²) in [4.78, 5) is 4.42. The quantitative estimate of drug-likeness (QED) is 0.627. The first-order valence-electron chi connectivity index (χ1n) is 6.16. The van der Waals surface area contributed by atoms with Gasteiger partial charge in [-0.25, -0.2) is 0 Å². The van der Waals surface area contributed by atoms with E-state index >= 15 is 0 Å². The van der Waals surface area contributed by atoms with E-state index < -0.39 is 0 Å². The number of nitrogens with zero attached hydrogens (tertiary/aromatic N) is 2. The van der Waals surface area contributed by atoms with Gasteiger partial charge in [-0.3, -0.25) is 0 Å². The van der Waals surface area contributed by atoms with Crippen LogP contribution in [0.4, 0.5) is 5.69 Å². The molecule has 1 saturated carbocycles. The van der Waals surface area contributed by atoms with Gasteiger partial charge in [0, 0.05) is 11.5 Å². The van der Waals surface area contributed by atoms with Crippen LogP contribution < -0.4 is 5.73 Å². The largest absolute Gasteiger partial charge is 0.506 e. The van der Waals surface area contributed by atoms with Gasteiger partial charge < -0.3 is 15.4 Å². The van der Waals surface area contributed by atoms with Gasteiger partial charge in [-0.15, -0.1) is 0 Å². The normalized spacial score (nSPS) is 16.2. The summed E-state index contributed by atoms with van der Waals surface area (Å²) in [5, 5.41) is 13.4. The number of anilines is 1. The van der Waals surface area contributed by atoms with Crippen molar-refractivity contribution in [3.63, 3.8) is 0 Å². The number of nitrogens with two attached hydrogens (primary N) is 1. The topological polar surface area (TPSA) is 85.2 Å². The van der Waals surface area contributed by atoms with E-state index in [4.69, 9.17) is 10.3 Å². The lowest BCUT2D eigenvalue weighted by Gasteiger charge is -2.00. The van der Waals surface area contributed by atoms with E-state index in [0.29, 0.717) is 17.5 Å². The van der Waals surface area contributed by atoms with Gasteiger partial charge in [-0.1, -0.05) is 18.0 Å². The Labute approximate surface area is 105 Å². The zero-order chi connectivity index (χ0) is 12.5. The standard InChI is InChI=1S/C13H15N3O2/c14-10-7-9(5-6-11(10)17)13-15-12(16-18-13)8-3-1-2-4-8/h5-8,17H,1-4,14H2. The third kappa shape index (κ3) is 1.92. The van der Waals surface area contributed by atoms with Gasteiger partial charge in [-0.05, 0) is 31.0 Å². The Kier molecular flexibility index (Phi) is 2.66. The molecule has 94 valence electrons. The molecular weight excluding hydrogens is 230 g/mol. The Balaban J connectivity index is 1.89. The minimum Gasteiger partial charge on any atom is -0.506 e. The van der Waals surface area contributed by atoms with Gasteiger partial charge in [-0.2, -0.15) is 4.98 Å². The Bertz CT molecular complexity index is 559. The van der Waals surface area contributed by atoms with Crippen LogP contribution in [0, 0.1) is 0 Å². The van der Waals surface area contributed by atoms with E-state index in [1.165, 1.54) is 18.9 Å². The number of benzene rings is 1. The fourth-order valence-corrected chi connectivity index (χ4v) is 2.39. The lowest BCUT2D eigenvalue weighted by atomic mass is 10.1. The van der Waals surface area contributed by atoms with Crippen molar-refractivity contribution < 1.29 is 9.63 Å². The van der Waals surface area contributed by atoms with Crippen LogP contribution >= 0.6 is 0 Å². The van der Waals surface area contributed by atoms with Crippen molar-refractivity contribution in [2.45, 2.75) is 31.6 Å². The predicted molar refractivity (Wildman–Crippen MR) is 67.0 cm³/mol. The van der Waals surface area contributed by atoms with E-state index in [1.807, 2.05) is 0 Å². The predicted octanol–water partition coefficient (Wildman–Crippen LogP) is 2.68. The van der Waals surface area contributed by atoms with Crippen molar-refractivity contribution in [1.29, 1.82) is 0 Å². The smallest absolute Gasteiger partial charge is 0.258 e. The van der Waals surface area contributed by atoms with E-state index in [9.17, 15) is 5.11 Å². The lowest BCUT2D eigenvalue weighted by molar-refractivity contribution is 0.415. The van der Waals surface area contributed by atoms with Crippen LogP contribution in [0.1, 0.15) is 37.4 Å². The van der Waals surface area contributed by atoms with E-state index in [1.54, 1.807) is 12.1 Å². The Morgan fingerprint density at radius 3 is 2.78 bits per heavy atom. The second kappa shape index (κ2) is 4.33. The van der Waals surface area contributed by atoms with Crippen LogP contribution in [0.25, 0.3) is 11.5 Å². The molecule has 5 heteroatoms. The summed E-state index contributed by atoms with van der Waals surface area (Å²) in [6, 6.07) is 4.89. The number of phenolic OH excluding ortho intramolecular Hbond substituents is 1. The Morgan fingerprint density at radius 2 is 2.06 bits per heavy atom. The highest BCUT2D eigenvalue weighted by Crippen LogP contribution is 2.34. The van der Waals surface area contributed by atoms with Gasteiger partial charge in [0.1, 0.15) is 5.75 Å². The molecule has 1 aliphatic rings. The molecule has 3 rings (SSSR count). The number of hydrogen-bond acceptors (Lipinski definition) is 5. The zero-order valence-electron chi connectivity index (χ0n) is 9.97. The van der Waals surface area contributed by atoms with Crippen LogP contribution in [0.5, 0.6) is 5.75 Å². The number of phenols is 1. The SMILES string of the molecule is Nc1cc(-c2nc(C3CCCC3)no2)ccc1O. The molecule has 0 saturated heterocycles. The maximum absolute atomic E-state index is 9.38. The molecule has 1 aliphatic carbocycles. The van der Waals surface area contributed by atoms with Crippen molar-refractivity contribution in [2.24, 2.45) is 0 Å². The Morgan fingerprint density at radius 1 is 1.28 bits per heavy atom. The van der Waals surface area contributed by atoms with Crippen LogP contribution in [0.15, 0.2) is 22.7 Å². The molecule has 1 fully saturated rings. The molecule has 3 N–H and O–H groups in total. The summed E-state index contributed by atoms with van der Waals surface area (Å²) in [5.41, 5.74) is 6.70.